The third-order valence-electron chi connectivity index (χ3n) is 8.22. The van der Waals surface area contributed by atoms with Crippen molar-refractivity contribution in [1.82, 2.24) is 30.3 Å². The van der Waals surface area contributed by atoms with E-state index in [1.54, 1.807) is 25.3 Å². The maximum Gasteiger partial charge on any atom is 0.243 e. The van der Waals surface area contributed by atoms with Crippen LogP contribution in [0.3, 0.4) is 0 Å². The van der Waals surface area contributed by atoms with E-state index < -0.39 is 21.5 Å². The number of nitrogens with one attached hydrogen (secondary N) is 3. The molecule has 0 unspecified atom stereocenters. The van der Waals surface area contributed by atoms with Gasteiger partial charge in [0.25, 0.3) is 0 Å². The Morgan fingerprint density at radius 3 is 2.63 bits per heavy atom. The molecule has 1 aliphatic rings. The maximum atomic E-state index is 14.2. The van der Waals surface area contributed by atoms with E-state index in [1.807, 2.05) is 48.7 Å². The van der Waals surface area contributed by atoms with Gasteiger partial charge in [0, 0.05) is 47.4 Å². The lowest BCUT2D eigenvalue weighted by Crippen LogP contribution is -2.59. The van der Waals surface area contributed by atoms with Crippen LogP contribution in [-0.4, -0.2) is 46.7 Å². The number of amides is 1. The minimum Gasteiger partial charge on any atom is -0.361 e. The molecule has 3 N–H and O–H groups in total. The molecule has 0 saturated heterocycles. The Bertz CT molecular complexity index is 1790. The zero-order chi connectivity index (χ0) is 28.5. The average molecular weight is 573 g/mol. The molecule has 1 atom stereocenters. The molecule has 212 valence electrons. The van der Waals surface area contributed by atoms with Gasteiger partial charge in [0.15, 0.2) is 5.52 Å². The first-order valence-electron chi connectivity index (χ1n) is 13.8. The predicted molar refractivity (Wildman–Crippen MR) is 155 cm³/mol. The molecule has 3 heterocycles. The molecule has 1 amide bonds. The Kier molecular flexibility index (Phi) is 7.08. The maximum absolute atomic E-state index is 14.2. The first-order chi connectivity index (χ1) is 19.8. The highest BCUT2D eigenvalue weighted by Gasteiger charge is 2.42. The summed E-state index contributed by atoms with van der Waals surface area (Å²) in [5.74, 6) is -0.419. The van der Waals surface area contributed by atoms with Crippen molar-refractivity contribution in [2.24, 2.45) is 0 Å². The summed E-state index contributed by atoms with van der Waals surface area (Å²) < 4.78 is 35.2. The Balaban J connectivity index is 1.35. The second-order valence-corrected chi connectivity index (χ2v) is 12.8. The van der Waals surface area contributed by atoms with Crippen molar-refractivity contribution >= 4 is 37.9 Å². The second-order valence-electron chi connectivity index (χ2n) is 11.1. The third kappa shape index (κ3) is 5.22. The van der Waals surface area contributed by atoms with Crippen LogP contribution in [0.5, 0.6) is 0 Å². The average Bonchev–Trinajstić information content (AvgIpc) is 3.64. The summed E-state index contributed by atoms with van der Waals surface area (Å²) in [6.45, 7) is 1.98. The molecule has 41 heavy (non-hydrogen) atoms. The largest absolute Gasteiger partial charge is 0.361 e. The number of benzene rings is 2. The number of aromatic amines is 1. The third-order valence-corrected chi connectivity index (χ3v) is 9.85. The predicted octanol–water partition coefficient (Wildman–Crippen LogP) is 4.40. The standard InChI is InChI=1S/C30H32N6O4S/c1-29(18-21-19-32-23-11-4-3-10-22(21)23,36-41(38,39)25-13-9-12-24-27(25)35-40-34-24)28(37)33-20-30(15-6-2-7-16-30)26-14-5-8-17-31-26/h3-5,8-14,17,19,32,36H,2,6-7,15-16,18,20H2,1H3,(H,33,37)/t29-/m0/s1. The minimum absolute atomic E-state index is 0.103. The normalized spacial score (nSPS) is 16.9. The highest BCUT2D eigenvalue weighted by atomic mass is 32.2. The monoisotopic (exact) mass is 572 g/mol. The zero-order valence-corrected chi connectivity index (χ0v) is 23.6. The van der Waals surface area contributed by atoms with Crippen LogP contribution in [0.2, 0.25) is 0 Å². The number of rotatable bonds is 9. The summed E-state index contributed by atoms with van der Waals surface area (Å²) in [5, 5.41) is 11.6. The molecule has 0 bridgehead atoms. The van der Waals surface area contributed by atoms with Crippen LogP contribution in [0.25, 0.3) is 21.9 Å². The molecule has 0 radical (unpaired) electrons. The summed E-state index contributed by atoms with van der Waals surface area (Å²) in [5.41, 5.74) is 1.24. The topological polar surface area (TPSA) is 143 Å². The molecule has 11 heteroatoms. The fraction of sp³-hybridized carbons (Fsp3) is 0.333. The van der Waals surface area contributed by atoms with Crippen molar-refractivity contribution < 1.29 is 17.8 Å². The molecular weight excluding hydrogens is 540 g/mol. The van der Waals surface area contributed by atoms with Gasteiger partial charge in [0.1, 0.15) is 16.0 Å². The number of hydrogen-bond acceptors (Lipinski definition) is 7. The van der Waals surface area contributed by atoms with E-state index in [-0.39, 0.29) is 22.2 Å². The van der Waals surface area contributed by atoms with Crippen molar-refractivity contribution in [3.63, 3.8) is 0 Å². The van der Waals surface area contributed by atoms with E-state index in [1.165, 1.54) is 6.07 Å². The van der Waals surface area contributed by atoms with E-state index >= 15 is 0 Å². The van der Waals surface area contributed by atoms with Crippen molar-refractivity contribution in [2.45, 2.75) is 61.3 Å². The van der Waals surface area contributed by atoms with E-state index in [0.717, 1.165) is 54.3 Å². The van der Waals surface area contributed by atoms with Crippen molar-refractivity contribution in [3.05, 3.63) is 84.3 Å². The number of sulfonamides is 1. The van der Waals surface area contributed by atoms with Crippen LogP contribution in [0.15, 0.2) is 82.6 Å². The molecule has 3 aromatic heterocycles. The van der Waals surface area contributed by atoms with Gasteiger partial charge in [-0.05, 0) is 66.0 Å². The summed E-state index contributed by atoms with van der Waals surface area (Å²) >= 11 is 0. The molecular formula is C30H32N6O4S. The lowest BCUT2D eigenvalue weighted by molar-refractivity contribution is -0.126. The number of hydrogen-bond donors (Lipinski definition) is 3. The number of carbonyl (C=O) groups is 1. The van der Waals surface area contributed by atoms with Crippen molar-refractivity contribution in [3.8, 4) is 0 Å². The SMILES string of the molecule is C[C@@](Cc1c[nH]c2ccccc12)(NS(=O)(=O)c1cccc2nonc12)C(=O)NCC1(c2ccccn2)CCCCC1. The Hall–Kier alpha value is -4.09. The quantitative estimate of drug-likeness (QED) is 0.238. The van der Waals surface area contributed by atoms with Gasteiger partial charge in [0.05, 0.1) is 0 Å². The van der Waals surface area contributed by atoms with Crippen LogP contribution >= 0.6 is 0 Å². The smallest absolute Gasteiger partial charge is 0.243 e. The number of pyridine rings is 1. The fourth-order valence-corrected chi connectivity index (χ4v) is 7.57. The van der Waals surface area contributed by atoms with Crippen LogP contribution in [0, 0.1) is 0 Å². The fourth-order valence-electron chi connectivity index (χ4n) is 6.04. The molecule has 0 spiro atoms. The van der Waals surface area contributed by atoms with Gasteiger partial charge in [-0.3, -0.25) is 9.78 Å². The molecule has 1 saturated carbocycles. The number of aromatic nitrogens is 4. The van der Waals surface area contributed by atoms with Gasteiger partial charge in [-0.25, -0.2) is 13.0 Å². The van der Waals surface area contributed by atoms with Gasteiger partial charge in [-0.1, -0.05) is 49.6 Å². The van der Waals surface area contributed by atoms with Crippen LogP contribution in [0.1, 0.15) is 50.3 Å². The Morgan fingerprint density at radius 2 is 1.83 bits per heavy atom. The molecule has 2 aromatic carbocycles. The van der Waals surface area contributed by atoms with Gasteiger partial charge < -0.3 is 10.3 Å². The number of H-pyrrole nitrogens is 1. The summed E-state index contributed by atoms with van der Waals surface area (Å²) in [4.78, 5) is 21.9. The zero-order valence-electron chi connectivity index (χ0n) is 22.8. The van der Waals surface area contributed by atoms with Gasteiger partial charge >= 0.3 is 0 Å². The van der Waals surface area contributed by atoms with Crippen LogP contribution < -0.4 is 10.0 Å². The number of carbonyl (C=O) groups excluding carboxylic acids is 1. The molecule has 1 fully saturated rings. The van der Waals surface area contributed by atoms with Gasteiger partial charge in [-0.2, -0.15) is 4.72 Å². The summed E-state index contributed by atoms with van der Waals surface area (Å²) in [6, 6.07) is 18.2. The number of para-hydroxylation sites is 1. The van der Waals surface area contributed by atoms with Crippen molar-refractivity contribution in [2.75, 3.05) is 6.54 Å². The van der Waals surface area contributed by atoms with Crippen molar-refractivity contribution in [1.29, 1.82) is 0 Å². The number of nitrogens with zero attached hydrogens (tertiary/aromatic N) is 3. The molecule has 6 rings (SSSR count). The van der Waals surface area contributed by atoms with E-state index in [9.17, 15) is 13.2 Å². The van der Waals surface area contributed by atoms with Gasteiger partial charge in [0.2, 0.25) is 15.9 Å². The first kappa shape index (κ1) is 27.1. The lowest BCUT2D eigenvalue weighted by atomic mass is 9.71. The highest BCUT2D eigenvalue weighted by Crippen LogP contribution is 2.38. The summed E-state index contributed by atoms with van der Waals surface area (Å²) in [6.07, 6.45) is 8.75. The molecule has 5 aromatic rings. The molecule has 0 aliphatic heterocycles. The molecule has 10 nitrogen and oxygen atoms in total. The van der Waals surface area contributed by atoms with E-state index in [2.05, 4.69) is 30.3 Å². The van der Waals surface area contributed by atoms with Gasteiger partial charge in [-0.15, -0.1) is 0 Å². The van der Waals surface area contributed by atoms with Crippen LogP contribution in [0.4, 0.5) is 0 Å². The number of fused-ring (bicyclic) bond motifs is 2. The highest BCUT2D eigenvalue weighted by molar-refractivity contribution is 7.89. The summed E-state index contributed by atoms with van der Waals surface area (Å²) in [7, 11) is -4.22. The molecule has 1 aliphatic carbocycles. The van der Waals surface area contributed by atoms with E-state index in [0.29, 0.717) is 12.1 Å². The lowest BCUT2D eigenvalue weighted by Gasteiger charge is -2.38. The Morgan fingerprint density at radius 1 is 1.02 bits per heavy atom. The van der Waals surface area contributed by atoms with Crippen LogP contribution in [-0.2, 0) is 26.7 Å². The first-order valence-corrected chi connectivity index (χ1v) is 15.3. The minimum atomic E-state index is -4.22. The Labute approximate surface area is 238 Å². The van der Waals surface area contributed by atoms with E-state index in [4.69, 9.17) is 4.63 Å². The second kappa shape index (κ2) is 10.7.